The second-order valence-corrected chi connectivity index (χ2v) is 4.48. The van der Waals surface area contributed by atoms with Gasteiger partial charge in [-0.25, -0.2) is 0 Å². The predicted molar refractivity (Wildman–Crippen MR) is 75.4 cm³/mol. The lowest BCUT2D eigenvalue weighted by Crippen LogP contribution is -2.31. The Bertz CT molecular complexity index is 448. The van der Waals surface area contributed by atoms with Gasteiger partial charge in [0.2, 0.25) is 11.8 Å². The van der Waals surface area contributed by atoms with Crippen LogP contribution >= 0.6 is 0 Å². The van der Waals surface area contributed by atoms with Crippen molar-refractivity contribution in [3.05, 3.63) is 24.3 Å². The molecule has 0 spiro atoms. The number of anilines is 2. The average Bonchev–Trinajstić information content (AvgIpc) is 2.27. The minimum atomic E-state index is -0.369. The molecule has 19 heavy (non-hydrogen) atoms. The van der Waals surface area contributed by atoms with Gasteiger partial charge in [0, 0.05) is 17.8 Å². The molecule has 5 N–H and O–H groups in total. The maximum atomic E-state index is 11.7. The van der Waals surface area contributed by atoms with E-state index in [1.807, 2.05) is 0 Å². The average molecular weight is 264 g/mol. The summed E-state index contributed by atoms with van der Waals surface area (Å²) in [5, 5.41) is 2.77. The molecule has 0 saturated heterocycles. The summed E-state index contributed by atoms with van der Waals surface area (Å²) >= 11 is 0. The molecule has 2 amide bonds. The lowest BCUT2D eigenvalue weighted by molar-refractivity contribution is -0.118. The van der Waals surface area contributed by atoms with Crippen molar-refractivity contribution in [2.75, 3.05) is 31.2 Å². The molecule has 0 aliphatic heterocycles. The van der Waals surface area contributed by atoms with Crippen molar-refractivity contribution >= 4 is 23.2 Å². The largest absolute Gasteiger partial charge is 0.399 e. The Kier molecular flexibility index (Phi) is 5.81. The number of nitrogens with two attached hydrogens (primary N) is 2. The van der Waals surface area contributed by atoms with Crippen LogP contribution in [0.1, 0.15) is 12.8 Å². The third-order valence-electron chi connectivity index (χ3n) is 2.54. The molecule has 0 bridgehead atoms. The van der Waals surface area contributed by atoms with E-state index in [4.69, 9.17) is 11.5 Å². The van der Waals surface area contributed by atoms with Crippen molar-refractivity contribution in [1.29, 1.82) is 0 Å². The highest BCUT2D eigenvalue weighted by atomic mass is 16.2. The lowest BCUT2D eigenvalue weighted by atomic mass is 10.2. The van der Waals surface area contributed by atoms with Crippen molar-refractivity contribution in [2.45, 2.75) is 12.8 Å². The number of benzene rings is 1. The zero-order valence-electron chi connectivity index (χ0n) is 11.1. The maximum Gasteiger partial charge on any atom is 0.231 e. The van der Waals surface area contributed by atoms with E-state index in [1.165, 1.54) is 0 Å². The van der Waals surface area contributed by atoms with Gasteiger partial charge in [-0.2, -0.15) is 0 Å². The third kappa shape index (κ3) is 6.42. The topological polar surface area (TPSA) is 101 Å². The van der Waals surface area contributed by atoms with Gasteiger partial charge in [-0.3, -0.25) is 14.5 Å². The quantitative estimate of drug-likeness (QED) is 0.620. The summed E-state index contributed by atoms with van der Waals surface area (Å²) in [7, 11) is 1.79. The van der Waals surface area contributed by atoms with E-state index in [0.29, 0.717) is 30.8 Å². The summed E-state index contributed by atoms with van der Waals surface area (Å²) in [6.07, 6.45) is 1.05. The monoisotopic (exact) mass is 264 g/mol. The van der Waals surface area contributed by atoms with E-state index in [0.717, 1.165) is 0 Å². The van der Waals surface area contributed by atoms with E-state index in [-0.39, 0.29) is 18.4 Å². The fourth-order valence-corrected chi connectivity index (χ4v) is 1.69. The van der Waals surface area contributed by atoms with Crippen LogP contribution in [0.4, 0.5) is 11.4 Å². The van der Waals surface area contributed by atoms with Crippen LogP contribution in [0, 0.1) is 0 Å². The van der Waals surface area contributed by atoms with E-state index in [2.05, 4.69) is 5.32 Å². The lowest BCUT2D eigenvalue weighted by Gasteiger charge is -2.13. The maximum absolute atomic E-state index is 11.7. The Balaban J connectivity index is 2.27. The number of nitrogens with zero attached hydrogens (tertiary/aromatic N) is 1. The highest BCUT2D eigenvalue weighted by Gasteiger charge is 2.05. The van der Waals surface area contributed by atoms with Gasteiger partial charge < -0.3 is 16.8 Å². The summed E-state index contributed by atoms with van der Waals surface area (Å²) in [4.78, 5) is 24.1. The van der Waals surface area contributed by atoms with E-state index in [1.54, 1.807) is 36.2 Å². The zero-order valence-corrected chi connectivity index (χ0v) is 11.1. The molecule has 0 aliphatic carbocycles. The molecule has 0 aromatic heterocycles. The number of hydrogen-bond donors (Lipinski definition) is 3. The van der Waals surface area contributed by atoms with Crippen LogP contribution in [-0.4, -0.2) is 36.9 Å². The van der Waals surface area contributed by atoms with Gasteiger partial charge in [-0.05, 0) is 38.2 Å². The molecular formula is C13H20N4O2. The van der Waals surface area contributed by atoms with Crippen LogP contribution in [0.2, 0.25) is 0 Å². The van der Waals surface area contributed by atoms with E-state index in [9.17, 15) is 9.59 Å². The minimum Gasteiger partial charge on any atom is -0.399 e. The Labute approximate surface area is 112 Å². The summed E-state index contributed by atoms with van der Waals surface area (Å²) in [6.45, 7) is 0.851. The van der Waals surface area contributed by atoms with Crippen LogP contribution < -0.4 is 16.8 Å². The number of likely N-dealkylation sites (N-methyl/N-ethyl adjacent to an activating group) is 1. The molecule has 6 nitrogen and oxygen atoms in total. The van der Waals surface area contributed by atoms with Gasteiger partial charge in [-0.15, -0.1) is 0 Å². The SMILES string of the molecule is CN(CCCC(=O)Nc1cccc(N)c1)CC(N)=O. The highest BCUT2D eigenvalue weighted by molar-refractivity contribution is 5.91. The summed E-state index contributed by atoms with van der Waals surface area (Å²) in [6, 6.07) is 7.03. The first-order valence-electron chi connectivity index (χ1n) is 6.09. The number of carbonyl (C=O) groups is 2. The van der Waals surface area contributed by atoms with Crippen LogP contribution in [0.5, 0.6) is 0 Å². The van der Waals surface area contributed by atoms with Gasteiger partial charge >= 0.3 is 0 Å². The first-order valence-corrected chi connectivity index (χ1v) is 6.09. The first kappa shape index (κ1) is 15.0. The van der Waals surface area contributed by atoms with Crippen LogP contribution in [-0.2, 0) is 9.59 Å². The molecule has 104 valence electrons. The third-order valence-corrected chi connectivity index (χ3v) is 2.54. The van der Waals surface area contributed by atoms with Gasteiger partial charge in [0.25, 0.3) is 0 Å². The Hall–Kier alpha value is -2.08. The molecule has 0 atom stereocenters. The molecule has 0 heterocycles. The minimum absolute atomic E-state index is 0.0712. The summed E-state index contributed by atoms with van der Waals surface area (Å²) < 4.78 is 0. The Morgan fingerprint density at radius 1 is 1.37 bits per heavy atom. The molecule has 0 unspecified atom stereocenters. The Morgan fingerprint density at radius 2 is 2.11 bits per heavy atom. The molecule has 1 rings (SSSR count). The number of nitrogen functional groups attached to an aromatic ring is 1. The first-order chi connectivity index (χ1) is 8.97. The van der Waals surface area contributed by atoms with Crippen molar-refractivity contribution in [3.8, 4) is 0 Å². The fourth-order valence-electron chi connectivity index (χ4n) is 1.69. The van der Waals surface area contributed by atoms with Gasteiger partial charge in [0.05, 0.1) is 6.54 Å². The van der Waals surface area contributed by atoms with Crippen molar-refractivity contribution in [3.63, 3.8) is 0 Å². The van der Waals surface area contributed by atoms with Crippen molar-refractivity contribution < 1.29 is 9.59 Å². The van der Waals surface area contributed by atoms with Gasteiger partial charge in [0.1, 0.15) is 0 Å². The molecule has 0 radical (unpaired) electrons. The molecule has 6 heteroatoms. The second kappa shape index (κ2) is 7.38. The Morgan fingerprint density at radius 3 is 2.74 bits per heavy atom. The molecule has 1 aromatic rings. The summed E-state index contributed by atoms with van der Waals surface area (Å²) in [5.41, 5.74) is 12.0. The molecular weight excluding hydrogens is 244 g/mol. The number of primary amides is 1. The summed E-state index contributed by atoms with van der Waals surface area (Å²) in [5.74, 6) is -0.440. The molecule has 0 aliphatic rings. The fraction of sp³-hybridized carbons (Fsp3) is 0.385. The number of hydrogen-bond acceptors (Lipinski definition) is 4. The zero-order chi connectivity index (χ0) is 14.3. The second-order valence-electron chi connectivity index (χ2n) is 4.48. The van der Waals surface area contributed by atoms with E-state index < -0.39 is 0 Å². The number of amides is 2. The molecule has 1 aromatic carbocycles. The van der Waals surface area contributed by atoms with Crippen LogP contribution in [0.25, 0.3) is 0 Å². The molecule has 0 saturated carbocycles. The van der Waals surface area contributed by atoms with Gasteiger partial charge in [-0.1, -0.05) is 6.07 Å². The highest BCUT2D eigenvalue weighted by Crippen LogP contribution is 2.12. The number of nitrogens with one attached hydrogen (secondary N) is 1. The van der Waals surface area contributed by atoms with Crippen molar-refractivity contribution in [1.82, 2.24) is 4.90 Å². The number of rotatable bonds is 7. The predicted octanol–water partition coefficient (Wildman–Crippen LogP) is 0.405. The smallest absolute Gasteiger partial charge is 0.231 e. The molecule has 0 fully saturated rings. The normalized spacial score (nSPS) is 10.4. The number of carbonyl (C=O) groups excluding carboxylic acids is 2. The van der Waals surface area contributed by atoms with Crippen LogP contribution in [0.15, 0.2) is 24.3 Å². The van der Waals surface area contributed by atoms with Crippen LogP contribution in [0.3, 0.4) is 0 Å². The van der Waals surface area contributed by atoms with E-state index >= 15 is 0 Å². The van der Waals surface area contributed by atoms with Gasteiger partial charge in [0.15, 0.2) is 0 Å². The standard InChI is InChI=1S/C13H20N4O2/c1-17(9-12(15)18)7-3-6-13(19)16-11-5-2-4-10(14)8-11/h2,4-5,8H,3,6-7,9,14H2,1H3,(H2,15,18)(H,16,19). The van der Waals surface area contributed by atoms with Crippen molar-refractivity contribution in [2.24, 2.45) is 5.73 Å².